The van der Waals surface area contributed by atoms with Crippen LogP contribution in [0, 0.1) is 46.3 Å². The number of carbonyl (C=O) groups excluding carboxylic acids is 1. The van der Waals surface area contributed by atoms with Crippen LogP contribution in [-0.4, -0.2) is 49.9 Å². The van der Waals surface area contributed by atoms with Gasteiger partial charge in [-0.3, -0.25) is 4.79 Å². The molecule has 33 heavy (non-hydrogen) atoms. The number of fused-ring (bicyclic) bond motifs is 4. The van der Waals surface area contributed by atoms with Crippen LogP contribution < -0.4 is 0 Å². The van der Waals surface area contributed by atoms with Gasteiger partial charge in [0.1, 0.15) is 14.2 Å². The maximum atomic E-state index is 11.6. The summed E-state index contributed by atoms with van der Waals surface area (Å²) in [5, 5.41) is 17.4. The number of ether oxygens (including phenoxy) is 1. The zero-order chi connectivity index (χ0) is 24.4. The van der Waals surface area contributed by atoms with Crippen molar-refractivity contribution < 1.29 is 24.3 Å². The van der Waals surface area contributed by atoms with Gasteiger partial charge in [-0.25, -0.2) is 0 Å². The van der Waals surface area contributed by atoms with Gasteiger partial charge in [-0.15, -0.1) is 0 Å². The highest BCUT2D eigenvalue weighted by Gasteiger charge is 2.57. The Bertz CT molecular complexity index is 760. The van der Waals surface area contributed by atoms with Gasteiger partial charge in [-0.1, -0.05) is 38.0 Å². The molecule has 7 nitrogen and oxygen atoms in total. The summed E-state index contributed by atoms with van der Waals surface area (Å²) in [6, 6.07) is 0. The molecule has 0 aliphatic heterocycles. The number of oxime groups is 2. The normalized spacial score (nSPS) is 37.2. The van der Waals surface area contributed by atoms with Gasteiger partial charge in [0.2, 0.25) is 0 Å². The molecule has 6 fully saturated rings. The fourth-order valence-electron chi connectivity index (χ4n) is 6.85. The Morgan fingerprint density at radius 1 is 0.909 bits per heavy atom. The average molecular weight is 465 g/mol. The fraction of sp³-hybridized carbons (Fsp3) is 0.885. The molecular formula is C26H44N2O5. The minimum absolute atomic E-state index is 0.120. The molecule has 4 bridgehead atoms. The van der Waals surface area contributed by atoms with Gasteiger partial charge in [0.15, 0.2) is 0 Å². The Kier molecular flexibility index (Phi) is 8.13. The van der Waals surface area contributed by atoms with Gasteiger partial charge in [0.05, 0.1) is 24.5 Å². The van der Waals surface area contributed by atoms with E-state index >= 15 is 0 Å². The largest absolute Gasteiger partial charge is 0.466 e. The maximum absolute atomic E-state index is 11.6. The smallest absolute Gasteiger partial charge is 0.306 e. The number of esters is 1. The monoisotopic (exact) mass is 464 g/mol. The standard InChI is InChI=1S/C14H23NO3.C12H21NO2/c1-5-18-12(16)7-9-6-10-8-11(14(10,2)3)13(9)15-17-4;1-12(2)9-6-8(4-5-14)11(13-15-3)10(12)7-9/h9-11H,5-8H2,1-4H3;8-10,14H,4-7H2,1-3H3/b15-13+;13-11+/t9-,10+,11+;8-,9-,10-/m10/s1. The molecule has 6 aliphatic rings. The van der Waals surface area contributed by atoms with Crippen molar-refractivity contribution >= 4 is 17.4 Å². The second-order valence-corrected chi connectivity index (χ2v) is 11.4. The molecule has 0 aromatic heterocycles. The van der Waals surface area contributed by atoms with Gasteiger partial charge < -0.3 is 19.5 Å². The van der Waals surface area contributed by atoms with Crippen LogP contribution in [0.25, 0.3) is 0 Å². The molecular weight excluding hydrogens is 420 g/mol. The first kappa shape index (κ1) is 26.0. The Morgan fingerprint density at radius 2 is 1.39 bits per heavy atom. The third-order valence-corrected chi connectivity index (χ3v) is 9.22. The number of aliphatic hydroxyl groups is 1. The lowest BCUT2D eigenvalue weighted by Gasteiger charge is -2.58. The van der Waals surface area contributed by atoms with E-state index in [0.29, 0.717) is 47.5 Å². The van der Waals surface area contributed by atoms with Gasteiger partial charge in [0.25, 0.3) is 0 Å². The molecule has 7 heteroatoms. The van der Waals surface area contributed by atoms with Crippen molar-refractivity contribution in [3.05, 3.63) is 0 Å². The summed E-state index contributed by atoms with van der Waals surface area (Å²) in [5.41, 5.74) is 2.96. The van der Waals surface area contributed by atoms with E-state index in [1.807, 2.05) is 6.92 Å². The first-order valence-corrected chi connectivity index (χ1v) is 12.6. The lowest BCUT2D eigenvalue weighted by Crippen LogP contribution is -2.56. The first-order chi connectivity index (χ1) is 15.6. The van der Waals surface area contributed by atoms with E-state index in [1.165, 1.54) is 25.0 Å². The Labute approximate surface area is 199 Å². The van der Waals surface area contributed by atoms with Crippen LogP contribution in [0.3, 0.4) is 0 Å². The van der Waals surface area contributed by atoms with Crippen LogP contribution in [0.2, 0.25) is 0 Å². The number of carbonyl (C=O) groups is 1. The molecule has 0 aromatic rings. The Morgan fingerprint density at radius 3 is 1.82 bits per heavy atom. The van der Waals surface area contributed by atoms with Crippen LogP contribution in [0.4, 0.5) is 0 Å². The minimum atomic E-state index is -0.120. The summed E-state index contributed by atoms with van der Waals surface area (Å²) < 4.78 is 5.04. The van der Waals surface area contributed by atoms with Crippen molar-refractivity contribution in [1.82, 2.24) is 0 Å². The van der Waals surface area contributed by atoms with Crippen molar-refractivity contribution in [2.24, 2.45) is 56.6 Å². The fourth-order valence-corrected chi connectivity index (χ4v) is 6.85. The molecule has 0 radical (unpaired) electrons. The average Bonchev–Trinajstić information content (AvgIpc) is 2.76. The highest BCUT2D eigenvalue weighted by molar-refractivity contribution is 5.94. The lowest BCUT2D eigenvalue weighted by molar-refractivity contribution is -0.144. The van der Waals surface area contributed by atoms with E-state index in [1.54, 1.807) is 14.2 Å². The second kappa shape index (κ2) is 10.3. The molecule has 6 aliphatic carbocycles. The van der Waals surface area contributed by atoms with Crippen molar-refractivity contribution in [1.29, 1.82) is 0 Å². The molecule has 6 saturated carbocycles. The van der Waals surface area contributed by atoms with Gasteiger partial charge in [-0.05, 0) is 61.7 Å². The number of aliphatic hydroxyl groups excluding tert-OH is 1. The third kappa shape index (κ3) is 4.94. The predicted octanol–water partition coefficient (Wildman–Crippen LogP) is 4.68. The van der Waals surface area contributed by atoms with E-state index in [4.69, 9.17) is 19.5 Å². The zero-order valence-corrected chi connectivity index (χ0v) is 21.6. The third-order valence-electron chi connectivity index (χ3n) is 9.22. The number of hydrogen-bond donors (Lipinski definition) is 1. The molecule has 188 valence electrons. The second-order valence-electron chi connectivity index (χ2n) is 11.4. The van der Waals surface area contributed by atoms with Crippen LogP contribution in [-0.2, 0) is 19.2 Å². The van der Waals surface area contributed by atoms with E-state index in [-0.39, 0.29) is 18.5 Å². The van der Waals surface area contributed by atoms with E-state index < -0.39 is 0 Å². The summed E-state index contributed by atoms with van der Waals surface area (Å²) >= 11 is 0. The molecule has 0 amide bonds. The topological polar surface area (TPSA) is 89.7 Å². The van der Waals surface area contributed by atoms with E-state index in [9.17, 15) is 4.79 Å². The minimum Gasteiger partial charge on any atom is -0.466 e. The predicted molar refractivity (Wildman–Crippen MR) is 129 cm³/mol. The molecule has 6 rings (SSSR count). The van der Waals surface area contributed by atoms with Crippen LogP contribution in [0.15, 0.2) is 10.3 Å². The summed E-state index contributed by atoms with van der Waals surface area (Å²) in [6.07, 6.45) is 5.94. The van der Waals surface area contributed by atoms with Crippen molar-refractivity contribution in [3.63, 3.8) is 0 Å². The Balaban J connectivity index is 0.000000189. The quantitative estimate of drug-likeness (QED) is 0.436. The molecule has 0 saturated heterocycles. The molecule has 0 unspecified atom stereocenters. The van der Waals surface area contributed by atoms with Crippen LogP contribution >= 0.6 is 0 Å². The summed E-state index contributed by atoms with van der Waals surface area (Å²) in [6.45, 7) is 11.8. The van der Waals surface area contributed by atoms with E-state index in [2.05, 4.69) is 38.0 Å². The molecule has 0 heterocycles. The lowest BCUT2D eigenvalue weighted by atomic mass is 9.46. The number of nitrogens with zero attached hydrogens (tertiary/aromatic N) is 2. The number of hydrogen-bond acceptors (Lipinski definition) is 7. The van der Waals surface area contributed by atoms with Gasteiger partial charge >= 0.3 is 5.97 Å². The highest BCUT2D eigenvalue weighted by Crippen LogP contribution is 2.60. The van der Waals surface area contributed by atoms with E-state index in [0.717, 1.165) is 24.5 Å². The summed E-state index contributed by atoms with van der Waals surface area (Å²) in [5.74, 6) is 3.11. The van der Waals surface area contributed by atoms with Gasteiger partial charge in [-0.2, -0.15) is 0 Å². The summed E-state index contributed by atoms with van der Waals surface area (Å²) in [4.78, 5) is 21.6. The van der Waals surface area contributed by atoms with Crippen molar-refractivity contribution in [2.45, 2.75) is 73.1 Å². The van der Waals surface area contributed by atoms with Crippen LogP contribution in [0.5, 0.6) is 0 Å². The maximum Gasteiger partial charge on any atom is 0.306 e. The molecule has 0 aromatic carbocycles. The molecule has 6 atom stereocenters. The zero-order valence-electron chi connectivity index (χ0n) is 21.6. The van der Waals surface area contributed by atoms with Crippen LogP contribution in [0.1, 0.15) is 73.1 Å². The Hall–Kier alpha value is -1.63. The summed E-state index contributed by atoms with van der Waals surface area (Å²) in [7, 11) is 3.19. The van der Waals surface area contributed by atoms with Crippen molar-refractivity contribution in [3.8, 4) is 0 Å². The molecule has 1 N–H and O–H groups in total. The first-order valence-electron chi connectivity index (χ1n) is 12.6. The molecule has 0 spiro atoms. The van der Waals surface area contributed by atoms with Gasteiger partial charge in [0, 0.05) is 30.3 Å². The highest BCUT2D eigenvalue weighted by atomic mass is 16.6. The number of rotatable bonds is 7. The SMILES string of the molecule is CCOC(=O)C[C@H]1C[C@H]2C[C@@H](/C1=N/OC)C2(C)C.CO/N=C1\[C@@H](CCO)C[C@H]2C[C@@H]1C2(C)C. The van der Waals surface area contributed by atoms with Crippen molar-refractivity contribution in [2.75, 3.05) is 27.4 Å².